The summed E-state index contributed by atoms with van der Waals surface area (Å²) < 4.78 is 5.26. The molecule has 0 fully saturated rings. The number of methoxy groups -OCH3 is 1. The molecule has 172 valence electrons. The molecule has 0 bridgehead atoms. The SMILES string of the molecule is CCCNC(=O)[C@H](Cc1ccccc1)N(Cc1ccc(OC)cc1)C(=O)Cc1ccccc1. The monoisotopic (exact) mass is 444 g/mol. The average Bonchev–Trinajstić information content (AvgIpc) is 2.86. The minimum absolute atomic E-state index is 0.0791. The third-order valence-corrected chi connectivity index (χ3v) is 5.53. The molecule has 0 aliphatic heterocycles. The van der Waals surface area contributed by atoms with Crippen LogP contribution in [0.3, 0.4) is 0 Å². The summed E-state index contributed by atoms with van der Waals surface area (Å²) in [4.78, 5) is 28.6. The van der Waals surface area contributed by atoms with E-state index in [1.54, 1.807) is 12.0 Å². The van der Waals surface area contributed by atoms with Crippen LogP contribution < -0.4 is 10.1 Å². The molecule has 33 heavy (non-hydrogen) atoms. The van der Waals surface area contributed by atoms with Gasteiger partial charge in [0.05, 0.1) is 13.5 Å². The van der Waals surface area contributed by atoms with E-state index in [9.17, 15) is 9.59 Å². The van der Waals surface area contributed by atoms with Gasteiger partial charge in [-0.1, -0.05) is 79.7 Å². The first kappa shape index (κ1) is 24.1. The Labute approximate surface area is 196 Å². The summed E-state index contributed by atoms with van der Waals surface area (Å²) in [5.41, 5.74) is 2.88. The average molecular weight is 445 g/mol. The zero-order valence-electron chi connectivity index (χ0n) is 19.4. The van der Waals surface area contributed by atoms with Crippen LogP contribution in [0.5, 0.6) is 5.75 Å². The molecule has 0 saturated heterocycles. The Morgan fingerprint density at radius 3 is 2.03 bits per heavy atom. The van der Waals surface area contributed by atoms with Crippen LogP contribution in [0, 0.1) is 0 Å². The van der Waals surface area contributed by atoms with Crippen LogP contribution in [0.2, 0.25) is 0 Å². The van der Waals surface area contributed by atoms with Gasteiger partial charge in [0.25, 0.3) is 0 Å². The summed E-state index contributed by atoms with van der Waals surface area (Å²) >= 11 is 0. The van der Waals surface area contributed by atoms with Crippen LogP contribution in [-0.4, -0.2) is 36.4 Å². The lowest BCUT2D eigenvalue weighted by Gasteiger charge is -2.31. The van der Waals surface area contributed by atoms with Gasteiger partial charge < -0.3 is 15.0 Å². The van der Waals surface area contributed by atoms with Crippen molar-refractivity contribution >= 4 is 11.8 Å². The lowest BCUT2D eigenvalue weighted by atomic mass is 10.0. The van der Waals surface area contributed by atoms with Gasteiger partial charge >= 0.3 is 0 Å². The van der Waals surface area contributed by atoms with Gasteiger partial charge in [0.15, 0.2) is 0 Å². The number of carbonyl (C=O) groups excluding carboxylic acids is 2. The van der Waals surface area contributed by atoms with Crippen LogP contribution in [0.15, 0.2) is 84.9 Å². The first-order valence-corrected chi connectivity index (χ1v) is 11.4. The Morgan fingerprint density at radius 1 is 0.848 bits per heavy atom. The van der Waals surface area contributed by atoms with Crippen LogP contribution in [-0.2, 0) is 29.0 Å². The Kier molecular flexibility index (Phi) is 9.07. The minimum Gasteiger partial charge on any atom is -0.497 e. The van der Waals surface area contributed by atoms with E-state index in [0.717, 1.165) is 28.9 Å². The molecule has 3 aromatic carbocycles. The zero-order chi connectivity index (χ0) is 23.5. The van der Waals surface area contributed by atoms with E-state index in [2.05, 4.69) is 5.32 Å². The summed E-state index contributed by atoms with van der Waals surface area (Å²) in [5, 5.41) is 3.00. The molecule has 5 nitrogen and oxygen atoms in total. The first-order valence-electron chi connectivity index (χ1n) is 11.4. The number of hydrogen-bond donors (Lipinski definition) is 1. The summed E-state index contributed by atoms with van der Waals surface area (Å²) in [6, 6.07) is 26.5. The van der Waals surface area contributed by atoms with Crippen molar-refractivity contribution < 1.29 is 14.3 Å². The van der Waals surface area contributed by atoms with Gasteiger partial charge in [0.1, 0.15) is 11.8 Å². The summed E-state index contributed by atoms with van der Waals surface area (Å²) in [6.45, 7) is 2.93. The lowest BCUT2D eigenvalue weighted by Crippen LogP contribution is -2.51. The fraction of sp³-hybridized carbons (Fsp3) is 0.286. The number of nitrogens with one attached hydrogen (secondary N) is 1. The van der Waals surface area contributed by atoms with Crippen LogP contribution in [0.25, 0.3) is 0 Å². The molecule has 1 N–H and O–H groups in total. The third kappa shape index (κ3) is 7.21. The largest absolute Gasteiger partial charge is 0.497 e. The fourth-order valence-corrected chi connectivity index (χ4v) is 3.72. The van der Waals surface area contributed by atoms with E-state index in [4.69, 9.17) is 4.74 Å². The summed E-state index contributed by atoms with van der Waals surface area (Å²) in [5.74, 6) is 0.544. The van der Waals surface area contributed by atoms with E-state index >= 15 is 0 Å². The van der Waals surface area contributed by atoms with Gasteiger partial charge in [0, 0.05) is 19.5 Å². The van der Waals surface area contributed by atoms with Crippen LogP contribution >= 0.6 is 0 Å². The van der Waals surface area contributed by atoms with E-state index in [-0.39, 0.29) is 18.2 Å². The van der Waals surface area contributed by atoms with E-state index < -0.39 is 6.04 Å². The molecule has 3 rings (SSSR count). The number of nitrogens with zero attached hydrogens (tertiary/aromatic N) is 1. The first-order chi connectivity index (χ1) is 16.1. The predicted octanol–water partition coefficient (Wildman–Crippen LogP) is 4.40. The molecule has 0 aliphatic rings. The Balaban J connectivity index is 1.93. The Morgan fingerprint density at radius 2 is 1.45 bits per heavy atom. The highest BCUT2D eigenvalue weighted by atomic mass is 16.5. The maximum absolute atomic E-state index is 13.6. The van der Waals surface area contributed by atoms with Gasteiger partial charge in [0.2, 0.25) is 11.8 Å². The van der Waals surface area contributed by atoms with Crippen molar-refractivity contribution in [3.63, 3.8) is 0 Å². The highest BCUT2D eigenvalue weighted by Gasteiger charge is 2.30. The molecule has 0 unspecified atom stereocenters. The predicted molar refractivity (Wildman–Crippen MR) is 131 cm³/mol. The summed E-state index contributed by atoms with van der Waals surface area (Å²) in [7, 11) is 1.62. The Hall–Kier alpha value is -3.60. The number of carbonyl (C=O) groups is 2. The molecule has 0 spiro atoms. The van der Waals surface area contributed by atoms with Crippen LogP contribution in [0.1, 0.15) is 30.0 Å². The van der Waals surface area contributed by atoms with Crippen molar-refractivity contribution in [3.8, 4) is 5.75 Å². The number of amides is 2. The van der Waals surface area contributed by atoms with E-state index in [0.29, 0.717) is 19.5 Å². The van der Waals surface area contributed by atoms with Crippen molar-refractivity contribution in [2.45, 2.75) is 38.8 Å². The summed E-state index contributed by atoms with van der Waals surface area (Å²) in [6.07, 6.45) is 1.52. The molecule has 3 aromatic rings. The molecule has 1 atom stereocenters. The standard InChI is InChI=1S/C28H32N2O3/c1-3-18-29-28(32)26(19-22-10-6-4-7-11-22)30(21-24-14-16-25(33-2)17-15-24)27(31)20-23-12-8-5-9-13-23/h4-17,26H,3,18-21H2,1-2H3,(H,29,32)/t26-/m0/s1. The fourth-order valence-electron chi connectivity index (χ4n) is 3.72. The number of hydrogen-bond acceptors (Lipinski definition) is 3. The molecule has 0 radical (unpaired) electrons. The van der Waals surface area contributed by atoms with Crippen molar-refractivity contribution in [1.29, 1.82) is 0 Å². The molecular formula is C28H32N2O3. The second-order valence-corrected chi connectivity index (χ2v) is 8.03. The highest BCUT2D eigenvalue weighted by molar-refractivity contribution is 5.88. The van der Waals surface area contributed by atoms with Gasteiger partial charge in [-0.15, -0.1) is 0 Å². The topological polar surface area (TPSA) is 58.6 Å². The number of ether oxygens (including phenoxy) is 1. The molecule has 0 aliphatic carbocycles. The molecule has 0 saturated carbocycles. The maximum atomic E-state index is 13.6. The zero-order valence-corrected chi connectivity index (χ0v) is 19.4. The van der Waals surface area contributed by atoms with Crippen molar-refractivity contribution in [3.05, 3.63) is 102 Å². The van der Waals surface area contributed by atoms with E-state index in [1.165, 1.54) is 0 Å². The van der Waals surface area contributed by atoms with Crippen molar-refractivity contribution in [1.82, 2.24) is 10.2 Å². The highest BCUT2D eigenvalue weighted by Crippen LogP contribution is 2.18. The molecule has 2 amide bonds. The normalized spacial score (nSPS) is 11.5. The smallest absolute Gasteiger partial charge is 0.243 e. The number of benzene rings is 3. The third-order valence-electron chi connectivity index (χ3n) is 5.53. The maximum Gasteiger partial charge on any atom is 0.243 e. The lowest BCUT2D eigenvalue weighted by molar-refractivity contribution is -0.140. The molecule has 0 heterocycles. The van der Waals surface area contributed by atoms with E-state index in [1.807, 2.05) is 91.9 Å². The van der Waals surface area contributed by atoms with Gasteiger partial charge in [-0.05, 0) is 35.2 Å². The molecule has 0 aromatic heterocycles. The van der Waals surface area contributed by atoms with Crippen LogP contribution in [0.4, 0.5) is 0 Å². The van der Waals surface area contributed by atoms with Gasteiger partial charge in [-0.25, -0.2) is 0 Å². The van der Waals surface area contributed by atoms with Gasteiger partial charge in [-0.3, -0.25) is 9.59 Å². The second-order valence-electron chi connectivity index (χ2n) is 8.03. The van der Waals surface area contributed by atoms with Gasteiger partial charge in [-0.2, -0.15) is 0 Å². The minimum atomic E-state index is -0.614. The molecular weight excluding hydrogens is 412 g/mol. The number of rotatable bonds is 11. The molecule has 5 heteroatoms. The van der Waals surface area contributed by atoms with Crippen molar-refractivity contribution in [2.75, 3.05) is 13.7 Å². The van der Waals surface area contributed by atoms with Crippen molar-refractivity contribution in [2.24, 2.45) is 0 Å². The second kappa shape index (κ2) is 12.4. The quantitative estimate of drug-likeness (QED) is 0.477. The Bertz CT molecular complexity index is 1000.